The quantitative estimate of drug-likeness (QED) is 0.457. The Kier molecular flexibility index (Phi) is 4.43. The molecular formula is C8H9NS. The first-order valence-electron chi connectivity index (χ1n) is 2.76. The normalized spacial score (nSPS) is 10.2. The number of nitrogens with zero attached hydrogens (tertiary/aromatic N) is 1. The SMILES string of the molecule is C=C/C(C)=C\C(=C)SC#N. The van der Waals surface area contributed by atoms with Crippen molar-refractivity contribution in [3.63, 3.8) is 0 Å². The van der Waals surface area contributed by atoms with Gasteiger partial charge < -0.3 is 0 Å². The van der Waals surface area contributed by atoms with Crippen LogP contribution in [-0.4, -0.2) is 0 Å². The van der Waals surface area contributed by atoms with Crippen LogP contribution in [0, 0.1) is 10.7 Å². The average molecular weight is 151 g/mol. The summed E-state index contributed by atoms with van der Waals surface area (Å²) in [4.78, 5) is 0.750. The molecule has 0 amide bonds. The minimum Gasteiger partial charge on any atom is -0.185 e. The fourth-order valence-electron chi connectivity index (χ4n) is 0.401. The number of rotatable bonds is 3. The van der Waals surface area contributed by atoms with E-state index in [2.05, 4.69) is 13.2 Å². The van der Waals surface area contributed by atoms with Crippen molar-refractivity contribution in [2.75, 3.05) is 0 Å². The Bertz CT molecular complexity index is 208. The zero-order chi connectivity index (χ0) is 7.98. The van der Waals surface area contributed by atoms with E-state index in [1.54, 1.807) is 6.08 Å². The topological polar surface area (TPSA) is 23.8 Å². The van der Waals surface area contributed by atoms with Gasteiger partial charge in [-0.1, -0.05) is 24.8 Å². The van der Waals surface area contributed by atoms with Gasteiger partial charge in [-0.05, 0) is 24.8 Å². The Hall–Kier alpha value is -0.940. The Morgan fingerprint density at radius 3 is 2.70 bits per heavy atom. The van der Waals surface area contributed by atoms with Gasteiger partial charge in [-0.2, -0.15) is 5.26 Å². The molecular weight excluding hydrogens is 142 g/mol. The molecule has 0 saturated heterocycles. The van der Waals surface area contributed by atoms with Gasteiger partial charge in [-0.3, -0.25) is 0 Å². The Morgan fingerprint density at radius 2 is 2.30 bits per heavy atom. The lowest BCUT2D eigenvalue weighted by molar-refractivity contribution is 1.53. The Balaban J connectivity index is 4.02. The summed E-state index contributed by atoms with van der Waals surface area (Å²) in [5.74, 6) is 0. The second kappa shape index (κ2) is 4.89. The fraction of sp³-hybridized carbons (Fsp3) is 0.125. The van der Waals surface area contributed by atoms with Gasteiger partial charge in [-0.25, -0.2) is 0 Å². The molecule has 0 heterocycles. The van der Waals surface area contributed by atoms with Crippen LogP contribution < -0.4 is 0 Å². The van der Waals surface area contributed by atoms with Crippen LogP contribution >= 0.6 is 11.8 Å². The van der Waals surface area contributed by atoms with Crippen molar-refractivity contribution in [3.05, 3.63) is 35.8 Å². The zero-order valence-corrected chi connectivity index (χ0v) is 6.74. The highest BCUT2D eigenvalue weighted by atomic mass is 32.2. The molecule has 0 bridgehead atoms. The predicted molar refractivity (Wildman–Crippen MR) is 46.3 cm³/mol. The second-order valence-corrected chi connectivity index (χ2v) is 2.66. The Morgan fingerprint density at radius 1 is 1.70 bits per heavy atom. The van der Waals surface area contributed by atoms with E-state index in [4.69, 9.17) is 5.26 Å². The maximum atomic E-state index is 8.22. The van der Waals surface area contributed by atoms with Crippen LogP contribution in [0.15, 0.2) is 35.8 Å². The summed E-state index contributed by atoms with van der Waals surface area (Å²) in [6.45, 7) is 9.13. The molecule has 0 spiro atoms. The molecule has 0 saturated carbocycles. The summed E-state index contributed by atoms with van der Waals surface area (Å²) in [6.07, 6.45) is 3.55. The van der Waals surface area contributed by atoms with Crippen LogP contribution in [0.4, 0.5) is 0 Å². The van der Waals surface area contributed by atoms with Crippen molar-refractivity contribution in [1.82, 2.24) is 0 Å². The van der Waals surface area contributed by atoms with Crippen molar-refractivity contribution >= 4 is 11.8 Å². The molecule has 0 aliphatic heterocycles. The van der Waals surface area contributed by atoms with Crippen molar-refractivity contribution in [2.24, 2.45) is 0 Å². The Labute approximate surface area is 65.7 Å². The molecule has 0 aliphatic carbocycles. The average Bonchev–Trinajstić information content (AvgIpc) is 1.88. The molecule has 0 radical (unpaired) electrons. The fourth-order valence-corrected chi connectivity index (χ4v) is 0.763. The first-order chi connectivity index (χ1) is 4.70. The van der Waals surface area contributed by atoms with Crippen LogP contribution in [-0.2, 0) is 0 Å². The molecule has 1 nitrogen and oxygen atoms in total. The first kappa shape index (κ1) is 9.06. The van der Waals surface area contributed by atoms with E-state index in [1.807, 2.05) is 18.4 Å². The molecule has 0 aromatic rings. The van der Waals surface area contributed by atoms with Gasteiger partial charge in [0.15, 0.2) is 0 Å². The van der Waals surface area contributed by atoms with Gasteiger partial charge in [0, 0.05) is 4.91 Å². The van der Waals surface area contributed by atoms with Crippen molar-refractivity contribution in [1.29, 1.82) is 5.26 Å². The summed E-state index contributed by atoms with van der Waals surface area (Å²) >= 11 is 1.06. The van der Waals surface area contributed by atoms with Crippen molar-refractivity contribution < 1.29 is 0 Å². The largest absolute Gasteiger partial charge is 0.185 e. The molecule has 10 heavy (non-hydrogen) atoms. The maximum absolute atomic E-state index is 8.22. The molecule has 0 atom stereocenters. The third kappa shape index (κ3) is 3.99. The van der Waals surface area contributed by atoms with Crippen LogP contribution in [0.25, 0.3) is 0 Å². The molecule has 0 fully saturated rings. The molecule has 2 heteroatoms. The van der Waals surface area contributed by atoms with E-state index in [1.165, 1.54) is 0 Å². The van der Waals surface area contributed by atoms with Gasteiger partial charge in [0.1, 0.15) is 5.40 Å². The molecule has 0 aliphatic rings. The predicted octanol–water partition coefficient (Wildman–Crippen LogP) is 2.85. The summed E-state index contributed by atoms with van der Waals surface area (Å²) < 4.78 is 0. The first-order valence-corrected chi connectivity index (χ1v) is 3.58. The lowest BCUT2D eigenvalue weighted by Crippen LogP contribution is -1.68. The second-order valence-electron chi connectivity index (χ2n) is 1.75. The summed E-state index contributed by atoms with van der Waals surface area (Å²) in [5, 5.41) is 10.2. The standard InChI is InChI=1S/C8H9NS/c1-4-7(2)5-8(3)10-6-9/h4-5H,1,3H2,2H3/b7-5-. The van der Waals surface area contributed by atoms with Crippen LogP contribution in [0.1, 0.15) is 6.92 Å². The number of hydrogen-bond donors (Lipinski definition) is 0. The van der Waals surface area contributed by atoms with E-state index in [9.17, 15) is 0 Å². The monoisotopic (exact) mass is 151 g/mol. The van der Waals surface area contributed by atoms with Gasteiger partial charge >= 0.3 is 0 Å². The van der Waals surface area contributed by atoms with Gasteiger partial charge in [-0.15, -0.1) is 0 Å². The minimum absolute atomic E-state index is 0.750. The highest BCUT2D eigenvalue weighted by Gasteiger charge is 1.87. The molecule has 0 aromatic carbocycles. The number of nitriles is 1. The van der Waals surface area contributed by atoms with Crippen LogP contribution in [0.5, 0.6) is 0 Å². The number of hydrogen-bond acceptors (Lipinski definition) is 2. The smallest absolute Gasteiger partial charge is 0.138 e. The van der Waals surface area contributed by atoms with E-state index < -0.39 is 0 Å². The van der Waals surface area contributed by atoms with E-state index >= 15 is 0 Å². The van der Waals surface area contributed by atoms with Crippen LogP contribution in [0.3, 0.4) is 0 Å². The van der Waals surface area contributed by atoms with Crippen LogP contribution in [0.2, 0.25) is 0 Å². The summed E-state index contributed by atoms with van der Waals surface area (Å²) in [5.41, 5.74) is 1.02. The van der Waals surface area contributed by atoms with E-state index in [0.29, 0.717) is 0 Å². The maximum Gasteiger partial charge on any atom is 0.138 e. The lowest BCUT2D eigenvalue weighted by atomic mass is 10.3. The molecule has 0 unspecified atom stereocenters. The molecule has 0 N–H and O–H groups in total. The highest BCUT2D eigenvalue weighted by molar-refractivity contribution is 8.07. The molecule has 0 rings (SSSR count). The van der Waals surface area contributed by atoms with Gasteiger partial charge in [0.2, 0.25) is 0 Å². The number of thiocyanates is 1. The van der Waals surface area contributed by atoms with E-state index in [-0.39, 0.29) is 0 Å². The molecule has 52 valence electrons. The zero-order valence-electron chi connectivity index (χ0n) is 5.92. The lowest BCUT2D eigenvalue weighted by Gasteiger charge is -1.90. The van der Waals surface area contributed by atoms with Gasteiger partial charge in [0.25, 0.3) is 0 Å². The third-order valence-corrected chi connectivity index (χ3v) is 1.36. The van der Waals surface area contributed by atoms with Crippen molar-refractivity contribution in [3.8, 4) is 5.40 Å². The highest BCUT2D eigenvalue weighted by Crippen LogP contribution is 2.14. The summed E-state index contributed by atoms with van der Waals surface area (Å²) in [7, 11) is 0. The number of allylic oxidation sites excluding steroid dienone is 3. The molecule has 0 aromatic heterocycles. The number of thioether (sulfide) groups is 1. The minimum atomic E-state index is 0.750. The summed E-state index contributed by atoms with van der Waals surface area (Å²) in [6, 6.07) is 0. The van der Waals surface area contributed by atoms with Crippen molar-refractivity contribution in [2.45, 2.75) is 6.92 Å². The van der Waals surface area contributed by atoms with E-state index in [0.717, 1.165) is 22.2 Å². The van der Waals surface area contributed by atoms with Gasteiger partial charge in [0.05, 0.1) is 0 Å². The third-order valence-electron chi connectivity index (χ3n) is 0.887.